The molecular weight excluding hydrogens is 253 g/mol. The molecule has 1 aromatic rings. The van der Waals surface area contributed by atoms with Gasteiger partial charge in [-0.15, -0.1) is 0 Å². The molecule has 1 unspecified atom stereocenters. The van der Waals surface area contributed by atoms with Gasteiger partial charge in [0, 0.05) is 19.9 Å². The molecule has 9 heteroatoms. The lowest BCUT2D eigenvalue weighted by Crippen LogP contribution is -2.61. The van der Waals surface area contributed by atoms with Crippen molar-refractivity contribution in [3.05, 3.63) is 11.7 Å². The molecule has 1 heterocycles. The number of alkyl halides is 3. The molecule has 0 aliphatic carbocycles. The molecule has 0 aliphatic rings. The number of carbonyl (C=O) groups excluding carboxylic acids is 1. The highest BCUT2D eigenvalue weighted by atomic mass is 19.4. The van der Waals surface area contributed by atoms with E-state index in [4.69, 9.17) is 5.73 Å². The Labute approximate surface area is 101 Å². The van der Waals surface area contributed by atoms with Crippen molar-refractivity contribution in [2.24, 2.45) is 5.73 Å². The third kappa shape index (κ3) is 3.19. The van der Waals surface area contributed by atoms with Gasteiger partial charge in [-0.05, 0) is 6.92 Å². The molecule has 1 atom stereocenters. The molecule has 0 aliphatic heterocycles. The van der Waals surface area contributed by atoms with Crippen LogP contribution in [0.2, 0.25) is 0 Å². The fourth-order valence-corrected chi connectivity index (χ4v) is 1.04. The predicted octanol–water partition coefficient (Wildman–Crippen LogP) is 0.316. The van der Waals surface area contributed by atoms with Crippen LogP contribution in [0.15, 0.2) is 4.52 Å². The molecule has 1 rings (SSSR count). The highest BCUT2D eigenvalue weighted by Gasteiger charge is 2.53. The van der Waals surface area contributed by atoms with Crippen molar-refractivity contribution >= 4 is 5.91 Å². The first-order valence-corrected chi connectivity index (χ1v) is 5.07. The summed E-state index contributed by atoms with van der Waals surface area (Å²) in [6, 6.07) is 0. The molecule has 0 spiro atoms. The molecule has 1 aromatic heterocycles. The lowest BCUT2D eigenvalue weighted by Gasteiger charge is -2.25. The van der Waals surface area contributed by atoms with Crippen LogP contribution in [0.5, 0.6) is 0 Å². The van der Waals surface area contributed by atoms with Gasteiger partial charge in [0.25, 0.3) is 0 Å². The first-order chi connectivity index (χ1) is 8.14. The van der Waals surface area contributed by atoms with E-state index in [1.165, 1.54) is 0 Å². The van der Waals surface area contributed by atoms with Crippen LogP contribution in [0, 0.1) is 6.92 Å². The number of amides is 1. The topological polar surface area (TPSA) is 94.0 Å². The summed E-state index contributed by atoms with van der Waals surface area (Å²) in [7, 11) is 0. The number of nitrogens with one attached hydrogen (secondary N) is 1. The van der Waals surface area contributed by atoms with Gasteiger partial charge in [0.05, 0.1) is 0 Å². The monoisotopic (exact) mass is 266 g/mol. The van der Waals surface area contributed by atoms with Gasteiger partial charge in [-0.25, -0.2) is 0 Å². The summed E-state index contributed by atoms with van der Waals surface area (Å²) in [6.07, 6.45) is -4.64. The van der Waals surface area contributed by atoms with E-state index >= 15 is 0 Å². The Hall–Kier alpha value is -1.64. The van der Waals surface area contributed by atoms with Crippen molar-refractivity contribution in [3.63, 3.8) is 0 Å². The van der Waals surface area contributed by atoms with Crippen LogP contribution in [-0.4, -0.2) is 34.3 Å². The lowest BCUT2D eigenvalue weighted by molar-refractivity contribution is -0.187. The van der Waals surface area contributed by atoms with Crippen molar-refractivity contribution < 1.29 is 22.5 Å². The highest BCUT2D eigenvalue weighted by molar-refractivity contribution is 5.86. The molecule has 1 amide bonds. The fraction of sp³-hybridized carbons (Fsp3) is 0.667. The Kier molecular flexibility index (Phi) is 3.95. The van der Waals surface area contributed by atoms with E-state index in [0.29, 0.717) is 18.6 Å². The number of aryl methyl sites for hydroxylation is 1. The Morgan fingerprint density at radius 1 is 1.50 bits per heavy atom. The second-order valence-corrected chi connectivity index (χ2v) is 3.94. The van der Waals surface area contributed by atoms with Crippen molar-refractivity contribution in [3.8, 4) is 0 Å². The third-order valence-electron chi connectivity index (χ3n) is 2.26. The molecule has 0 radical (unpaired) electrons. The first-order valence-electron chi connectivity index (χ1n) is 5.07. The van der Waals surface area contributed by atoms with E-state index < -0.39 is 17.6 Å². The quantitative estimate of drug-likeness (QED) is 0.818. The molecular formula is C9H13F3N4O2. The van der Waals surface area contributed by atoms with Crippen LogP contribution in [0.3, 0.4) is 0 Å². The average Bonchev–Trinajstić information content (AvgIpc) is 2.62. The predicted molar refractivity (Wildman–Crippen MR) is 54.4 cm³/mol. The second kappa shape index (κ2) is 4.92. The standard InChI is InChI=1S/C9H13F3N4O2/c1-5-15-6(16-18-5)3-4-14-7(17)8(2,13)9(10,11)12/h3-4,13H2,1-2H3,(H,14,17). The lowest BCUT2D eigenvalue weighted by atomic mass is 10.0. The third-order valence-corrected chi connectivity index (χ3v) is 2.26. The summed E-state index contributed by atoms with van der Waals surface area (Å²) in [6.45, 7) is 2.14. The minimum Gasteiger partial charge on any atom is -0.354 e. The SMILES string of the molecule is Cc1nc(CCNC(=O)C(C)(N)C(F)(F)F)no1. The number of halogens is 3. The van der Waals surface area contributed by atoms with Gasteiger partial charge >= 0.3 is 6.18 Å². The zero-order valence-corrected chi connectivity index (χ0v) is 9.84. The summed E-state index contributed by atoms with van der Waals surface area (Å²) in [5, 5.41) is 5.61. The van der Waals surface area contributed by atoms with Gasteiger partial charge in [-0.2, -0.15) is 18.2 Å². The maximum Gasteiger partial charge on any atom is 0.415 e. The summed E-state index contributed by atoms with van der Waals surface area (Å²) in [4.78, 5) is 15.1. The normalized spacial score (nSPS) is 15.2. The van der Waals surface area contributed by atoms with Crippen molar-refractivity contribution in [2.45, 2.75) is 32.0 Å². The number of nitrogens with two attached hydrogens (primary N) is 1. The van der Waals surface area contributed by atoms with Crippen LogP contribution < -0.4 is 11.1 Å². The summed E-state index contributed by atoms with van der Waals surface area (Å²) in [5.74, 6) is -0.649. The Morgan fingerprint density at radius 2 is 2.11 bits per heavy atom. The minimum absolute atomic E-state index is 0.0549. The summed E-state index contributed by atoms with van der Waals surface area (Å²) < 4.78 is 41.9. The summed E-state index contributed by atoms with van der Waals surface area (Å²) >= 11 is 0. The van der Waals surface area contributed by atoms with E-state index in [-0.39, 0.29) is 13.0 Å². The molecule has 0 saturated heterocycles. The second-order valence-electron chi connectivity index (χ2n) is 3.94. The Bertz CT molecular complexity index is 428. The van der Waals surface area contributed by atoms with E-state index in [0.717, 1.165) is 0 Å². The molecule has 0 bridgehead atoms. The fourth-order valence-electron chi connectivity index (χ4n) is 1.04. The van der Waals surface area contributed by atoms with Gasteiger partial charge < -0.3 is 15.6 Å². The van der Waals surface area contributed by atoms with Crippen LogP contribution in [-0.2, 0) is 11.2 Å². The van der Waals surface area contributed by atoms with Crippen LogP contribution in [0.4, 0.5) is 13.2 Å². The van der Waals surface area contributed by atoms with Gasteiger partial charge in [-0.1, -0.05) is 5.16 Å². The Balaban J connectivity index is 2.47. The van der Waals surface area contributed by atoms with E-state index in [2.05, 4.69) is 20.0 Å². The maximum atomic E-state index is 12.4. The number of hydrogen-bond acceptors (Lipinski definition) is 5. The van der Waals surface area contributed by atoms with Gasteiger partial charge in [0.2, 0.25) is 11.8 Å². The van der Waals surface area contributed by atoms with Crippen molar-refractivity contribution in [1.82, 2.24) is 15.5 Å². The zero-order chi connectivity index (χ0) is 14.0. The number of aromatic nitrogens is 2. The molecule has 102 valence electrons. The van der Waals surface area contributed by atoms with Crippen molar-refractivity contribution in [2.75, 3.05) is 6.54 Å². The molecule has 3 N–H and O–H groups in total. The molecule has 0 fully saturated rings. The molecule has 6 nitrogen and oxygen atoms in total. The number of hydrogen-bond donors (Lipinski definition) is 2. The van der Waals surface area contributed by atoms with Crippen LogP contribution in [0.1, 0.15) is 18.6 Å². The first kappa shape index (κ1) is 14.4. The largest absolute Gasteiger partial charge is 0.415 e. The molecule has 0 saturated carbocycles. The van der Waals surface area contributed by atoms with Gasteiger partial charge in [0.1, 0.15) is 0 Å². The number of carbonyl (C=O) groups is 1. The van der Waals surface area contributed by atoms with E-state index in [1.54, 1.807) is 6.92 Å². The molecule has 0 aromatic carbocycles. The van der Waals surface area contributed by atoms with Crippen LogP contribution >= 0.6 is 0 Å². The molecule has 18 heavy (non-hydrogen) atoms. The zero-order valence-electron chi connectivity index (χ0n) is 9.84. The van der Waals surface area contributed by atoms with Gasteiger partial charge in [-0.3, -0.25) is 4.79 Å². The number of rotatable bonds is 4. The highest BCUT2D eigenvalue weighted by Crippen LogP contribution is 2.27. The van der Waals surface area contributed by atoms with Crippen LogP contribution in [0.25, 0.3) is 0 Å². The van der Waals surface area contributed by atoms with Crippen molar-refractivity contribution in [1.29, 1.82) is 0 Å². The van der Waals surface area contributed by atoms with E-state index in [1.807, 2.05) is 0 Å². The van der Waals surface area contributed by atoms with E-state index in [9.17, 15) is 18.0 Å². The number of nitrogens with zero attached hydrogens (tertiary/aromatic N) is 2. The smallest absolute Gasteiger partial charge is 0.354 e. The summed E-state index contributed by atoms with van der Waals surface area (Å²) in [5.41, 5.74) is 2.02. The Morgan fingerprint density at radius 3 is 2.56 bits per heavy atom. The average molecular weight is 266 g/mol. The maximum absolute atomic E-state index is 12.4. The minimum atomic E-state index is -4.81. The van der Waals surface area contributed by atoms with Gasteiger partial charge in [0.15, 0.2) is 11.4 Å².